The minimum Gasteiger partial charge on any atom is -0.353 e. The molecule has 0 aromatic carbocycles. The van der Waals surface area contributed by atoms with Gasteiger partial charge in [0.05, 0.1) is 0 Å². The molecule has 5 atom stereocenters. The van der Waals surface area contributed by atoms with E-state index in [4.69, 9.17) is 5.73 Å². The highest BCUT2D eigenvalue weighted by molar-refractivity contribution is 5.80. The van der Waals surface area contributed by atoms with E-state index in [1.54, 1.807) is 0 Å². The van der Waals surface area contributed by atoms with Gasteiger partial charge in [-0.1, -0.05) is 20.8 Å². The summed E-state index contributed by atoms with van der Waals surface area (Å²) >= 11 is 0. The van der Waals surface area contributed by atoms with Gasteiger partial charge in [-0.2, -0.15) is 0 Å². The van der Waals surface area contributed by atoms with Crippen molar-refractivity contribution in [1.29, 1.82) is 0 Å². The number of carbonyl (C=O) groups excluding carboxylic acids is 1. The standard InChI is InChI=1S/C17H33N3O/c1-11-10-13(8-9-20(11)5)19-16(21)14-6-7-15(18)12(2)17(14,3)4/h11-15H,6-10,18H2,1-5H3,(H,19,21). The minimum absolute atomic E-state index is 0.0151. The van der Waals surface area contributed by atoms with Crippen LogP contribution in [0.25, 0.3) is 0 Å². The topological polar surface area (TPSA) is 58.4 Å². The second-order valence-corrected chi connectivity index (χ2v) is 7.96. The Labute approximate surface area is 129 Å². The van der Waals surface area contributed by atoms with Crippen LogP contribution in [0.5, 0.6) is 0 Å². The Hall–Kier alpha value is -0.610. The summed E-state index contributed by atoms with van der Waals surface area (Å²) in [5.74, 6) is 0.737. The fourth-order valence-corrected chi connectivity index (χ4v) is 4.04. The number of amides is 1. The van der Waals surface area contributed by atoms with Crippen molar-refractivity contribution in [3.8, 4) is 0 Å². The number of hydrogen-bond donors (Lipinski definition) is 2. The van der Waals surface area contributed by atoms with Gasteiger partial charge < -0.3 is 16.0 Å². The number of nitrogens with one attached hydrogen (secondary N) is 1. The molecule has 1 aliphatic carbocycles. The van der Waals surface area contributed by atoms with E-state index < -0.39 is 0 Å². The van der Waals surface area contributed by atoms with Crippen LogP contribution < -0.4 is 11.1 Å². The second kappa shape index (κ2) is 6.25. The van der Waals surface area contributed by atoms with Gasteiger partial charge in [0.25, 0.3) is 0 Å². The normalized spacial score (nSPS) is 40.8. The maximum absolute atomic E-state index is 12.8. The summed E-state index contributed by atoms with van der Waals surface area (Å²) in [4.78, 5) is 15.1. The average molecular weight is 295 g/mol. The molecule has 1 heterocycles. The summed E-state index contributed by atoms with van der Waals surface area (Å²) in [7, 11) is 2.16. The van der Waals surface area contributed by atoms with E-state index in [9.17, 15) is 4.79 Å². The SMILES string of the molecule is CC1CC(NC(=O)C2CCC(N)C(C)C2(C)C)CCN1C. The van der Waals surface area contributed by atoms with E-state index in [1.807, 2.05) is 0 Å². The first-order chi connectivity index (χ1) is 9.73. The van der Waals surface area contributed by atoms with Gasteiger partial charge in [-0.25, -0.2) is 0 Å². The number of piperidine rings is 1. The Kier molecular flexibility index (Phi) is 4.99. The lowest BCUT2D eigenvalue weighted by molar-refractivity contribution is -0.133. The summed E-state index contributed by atoms with van der Waals surface area (Å²) in [6, 6.07) is 1.12. The van der Waals surface area contributed by atoms with E-state index in [0.717, 1.165) is 32.2 Å². The van der Waals surface area contributed by atoms with Crippen LogP contribution in [0, 0.1) is 17.3 Å². The average Bonchev–Trinajstić information content (AvgIpc) is 2.40. The molecule has 1 saturated carbocycles. The van der Waals surface area contributed by atoms with Crippen molar-refractivity contribution in [1.82, 2.24) is 10.2 Å². The number of nitrogens with zero attached hydrogens (tertiary/aromatic N) is 1. The monoisotopic (exact) mass is 295 g/mol. The zero-order valence-corrected chi connectivity index (χ0v) is 14.4. The highest BCUT2D eigenvalue weighted by atomic mass is 16.2. The van der Waals surface area contributed by atoms with Crippen LogP contribution in [0.1, 0.15) is 53.4 Å². The molecule has 0 radical (unpaired) electrons. The molecule has 4 heteroatoms. The fraction of sp³-hybridized carbons (Fsp3) is 0.941. The largest absolute Gasteiger partial charge is 0.353 e. The molecular weight excluding hydrogens is 262 g/mol. The van der Waals surface area contributed by atoms with Crippen LogP contribution >= 0.6 is 0 Å². The number of carbonyl (C=O) groups is 1. The summed E-state index contributed by atoms with van der Waals surface area (Å²) in [6.07, 6.45) is 4.01. The molecule has 2 fully saturated rings. The van der Waals surface area contributed by atoms with E-state index >= 15 is 0 Å². The zero-order valence-electron chi connectivity index (χ0n) is 14.4. The van der Waals surface area contributed by atoms with Crippen molar-refractivity contribution in [2.24, 2.45) is 23.0 Å². The van der Waals surface area contributed by atoms with Crippen LogP contribution in [0.2, 0.25) is 0 Å². The van der Waals surface area contributed by atoms with Gasteiger partial charge in [0.2, 0.25) is 5.91 Å². The lowest BCUT2D eigenvalue weighted by Crippen LogP contribution is -2.54. The second-order valence-electron chi connectivity index (χ2n) is 7.96. The van der Waals surface area contributed by atoms with Crippen molar-refractivity contribution < 1.29 is 4.79 Å². The van der Waals surface area contributed by atoms with E-state index in [0.29, 0.717) is 18.0 Å². The molecule has 0 aromatic heterocycles. The van der Waals surface area contributed by atoms with E-state index in [2.05, 4.69) is 45.0 Å². The lowest BCUT2D eigenvalue weighted by atomic mass is 9.61. The molecule has 3 N–H and O–H groups in total. The number of nitrogens with two attached hydrogens (primary N) is 1. The molecule has 1 saturated heterocycles. The van der Waals surface area contributed by atoms with Crippen molar-refractivity contribution in [2.75, 3.05) is 13.6 Å². The van der Waals surface area contributed by atoms with Gasteiger partial charge in [-0.15, -0.1) is 0 Å². The summed E-state index contributed by atoms with van der Waals surface area (Å²) in [5.41, 5.74) is 6.18. The third-order valence-electron chi connectivity index (χ3n) is 6.37. The highest BCUT2D eigenvalue weighted by Gasteiger charge is 2.45. The Bertz CT molecular complexity index is 382. The molecule has 21 heavy (non-hydrogen) atoms. The van der Waals surface area contributed by atoms with Gasteiger partial charge in [-0.05, 0) is 51.0 Å². The van der Waals surface area contributed by atoms with Gasteiger partial charge >= 0.3 is 0 Å². The summed E-state index contributed by atoms with van der Waals surface area (Å²) in [6.45, 7) is 9.92. The van der Waals surface area contributed by atoms with Crippen LogP contribution in [-0.2, 0) is 4.79 Å². The molecule has 1 aliphatic heterocycles. The van der Waals surface area contributed by atoms with Gasteiger partial charge in [0, 0.05) is 30.6 Å². The number of hydrogen-bond acceptors (Lipinski definition) is 3. The first-order valence-electron chi connectivity index (χ1n) is 8.49. The Morgan fingerprint density at radius 1 is 1.24 bits per heavy atom. The third kappa shape index (κ3) is 3.42. The summed E-state index contributed by atoms with van der Waals surface area (Å²) < 4.78 is 0. The van der Waals surface area contributed by atoms with Gasteiger partial charge in [-0.3, -0.25) is 4.79 Å². The molecule has 2 aliphatic rings. The first kappa shape index (κ1) is 16.8. The van der Waals surface area contributed by atoms with Crippen molar-refractivity contribution in [3.05, 3.63) is 0 Å². The number of rotatable bonds is 2. The maximum atomic E-state index is 12.8. The third-order valence-corrected chi connectivity index (χ3v) is 6.37. The van der Waals surface area contributed by atoms with Crippen molar-refractivity contribution in [3.63, 3.8) is 0 Å². The van der Waals surface area contributed by atoms with E-state index in [-0.39, 0.29) is 23.3 Å². The molecule has 4 nitrogen and oxygen atoms in total. The van der Waals surface area contributed by atoms with Crippen LogP contribution in [-0.4, -0.2) is 42.5 Å². The Morgan fingerprint density at radius 3 is 2.52 bits per heavy atom. The molecule has 2 rings (SSSR count). The Balaban J connectivity index is 1.97. The van der Waals surface area contributed by atoms with Crippen molar-refractivity contribution >= 4 is 5.91 Å². The smallest absolute Gasteiger partial charge is 0.223 e. The summed E-state index contributed by atoms with van der Waals surface area (Å²) in [5, 5.41) is 3.32. The molecule has 122 valence electrons. The predicted molar refractivity (Wildman–Crippen MR) is 86.9 cm³/mol. The molecule has 1 amide bonds. The molecule has 5 unspecified atom stereocenters. The fourth-order valence-electron chi connectivity index (χ4n) is 4.04. The quantitative estimate of drug-likeness (QED) is 0.819. The van der Waals surface area contributed by atoms with Crippen LogP contribution in [0.15, 0.2) is 0 Å². The number of likely N-dealkylation sites (tertiary alicyclic amines) is 1. The molecule has 0 aromatic rings. The van der Waals surface area contributed by atoms with Gasteiger partial charge in [0.1, 0.15) is 0 Å². The van der Waals surface area contributed by atoms with Crippen LogP contribution in [0.3, 0.4) is 0 Å². The molecular formula is C17H33N3O. The predicted octanol–water partition coefficient (Wildman–Crippen LogP) is 1.98. The van der Waals surface area contributed by atoms with Gasteiger partial charge in [0.15, 0.2) is 0 Å². The minimum atomic E-state index is -0.0151. The first-order valence-corrected chi connectivity index (χ1v) is 8.49. The lowest BCUT2D eigenvalue weighted by Gasteiger charge is -2.46. The Morgan fingerprint density at radius 2 is 1.90 bits per heavy atom. The highest BCUT2D eigenvalue weighted by Crippen LogP contribution is 2.44. The van der Waals surface area contributed by atoms with Crippen molar-refractivity contribution in [2.45, 2.75) is 71.5 Å². The zero-order chi connectivity index (χ0) is 15.8. The van der Waals surface area contributed by atoms with E-state index in [1.165, 1.54) is 0 Å². The molecule has 0 spiro atoms. The molecule has 0 bridgehead atoms. The maximum Gasteiger partial charge on any atom is 0.223 e. The van der Waals surface area contributed by atoms with Crippen LogP contribution in [0.4, 0.5) is 0 Å².